The number of fused-ring (bicyclic) bond motifs is 1. The summed E-state index contributed by atoms with van der Waals surface area (Å²) >= 11 is 0. The highest BCUT2D eigenvalue weighted by Gasteiger charge is 2.13. The molecule has 0 aromatic heterocycles. The van der Waals surface area contributed by atoms with E-state index in [4.69, 9.17) is 10.5 Å². The SMILES string of the molecule is COCCCCC(=O)NC(CN)c1ccc2ccccc2c1.Cl. The molecule has 0 radical (unpaired) electrons. The molecule has 126 valence electrons. The minimum atomic E-state index is -0.139. The Bertz CT molecular complexity index is 619. The van der Waals surface area contributed by atoms with Crippen LogP contribution in [0.15, 0.2) is 42.5 Å². The van der Waals surface area contributed by atoms with Crippen LogP contribution >= 0.6 is 12.4 Å². The molecule has 1 atom stereocenters. The third-order valence-corrected chi connectivity index (χ3v) is 3.75. The number of methoxy groups -OCH3 is 1. The molecule has 1 amide bonds. The van der Waals surface area contributed by atoms with Crippen LogP contribution < -0.4 is 11.1 Å². The van der Waals surface area contributed by atoms with Crippen LogP contribution in [0.5, 0.6) is 0 Å². The largest absolute Gasteiger partial charge is 0.385 e. The van der Waals surface area contributed by atoms with Gasteiger partial charge in [0.15, 0.2) is 0 Å². The van der Waals surface area contributed by atoms with Gasteiger partial charge in [-0.15, -0.1) is 12.4 Å². The number of rotatable bonds is 8. The zero-order chi connectivity index (χ0) is 15.8. The number of halogens is 1. The van der Waals surface area contributed by atoms with Crippen LogP contribution in [0.2, 0.25) is 0 Å². The Kier molecular flexibility index (Phi) is 8.62. The summed E-state index contributed by atoms with van der Waals surface area (Å²) in [7, 11) is 1.67. The van der Waals surface area contributed by atoms with E-state index in [-0.39, 0.29) is 24.4 Å². The van der Waals surface area contributed by atoms with Gasteiger partial charge in [-0.25, -0.2) is 0 Å². The standard InChI is InChI=1S/C18H24N2O2.ClH/c1-22-11-5-4-8-18(21)20-17(13-19)16-10-9-14-6-2-3-7-15(14)12-16;/h2-3,6-7,9-10,12,17H,4-5,8,11,13,19H2,1H3,(H,20,21);1H. The van der Waals surface area contributed by atoms with Gasteiger partial charge in [0.2, 0.25) is 5.91 Å². The summed E-state index contributed by atoms with van der Waals surface area (Å²) in [6, 6.07) is 14.2. The Hall–Kier alpha value is -1.62. The lowest BCUT2D eigenvalue weighted by molar-refractivity contribution is -0.121. The number of carbonyl (C=O) groups is 1. The Morgan fingerprint density at radius 2 is 1.91 bits per heavy atom. The highest BCUT2D eigenvalue weighted by Crippen LogP contribution is 2.20. The number of carbonyl (C=O) groups excluding carboxylic acids is 1. The van der Waals surface area contributed by atoms with Gasteiger partial charge in [0.25, 0.3) is 0 Å². The van der Waals surface area contributed by atoms with Crippen LogP contribution in [0.3, 0.4) is 0 Å². The molecular weight excluding hydrogens is 312 g/mol. The summed E-state index contributed by atoms with van der Waals surface area (Å²) in [4.78, 5) is 12.0. The zero-order valence-electron chi connectivity index (χ0n) is 13.5. The van der Waals surface area contributed by atoms with Crippen molar-refractivity contribution in [1.82, 2.24) is 5.32 Å². The van der Waals surface area contributed by atoms with Crippen molar-refractivity contribution < 1.29 is 9.53 Å². The van der Waals surface area contributed by atoms with Gasteiger partial charge in [-0.1, -0.05) is 36.4 Å². The van der Waals surface area contributed by atoms with Crippen molar-refractivity contribution in [1.29, 1.82) is 0 Å². The van der Waals surface area contributed by atoms with Crippen molar-refractivity contribution in [2.24, 2.45) is 5.73 Å². The number of unbranched alkanes of at least 4 members (excludes halogenated alkanes) is 1. The second kappa shape index (κ2) is 10.2. The summed E-state index contributed by atoms with van der Waals surface area (Å²) < 4.78 is 4.98. The first-order valence-corrected chi connectivity index (χ1v) is 7.71. The summed E-state index contributed by atoms with van der Waals surface area (Å²) in [5.74, 6) is 0.0414. The normalized spacial score (nSPS) is 11.7. The van der Waals surface area contributed by atoms with Gasteiger partial charge in [-0.3, -0.25) is 4.79 Å². The third kappa shape index (κ3) is 5.82. The fourth-order valence-electron chi connectivity index (χ4n) is 2.50. The van der Waals surface area contributed by atoms with E-state index in [1.165, 1.54) is 5.39 Å². The lowest BCUT2D eigenvalue weighted by atomic mass is 10.0. The van der Waals surface area contributed by atoms with Crippen molar-refractivity contribution in [2.75, 3.05) is 20.3 Å². The molecule has 0 aliphatic carbocycles. The molecule has 2 aromatic carbocycles. The number of benzene rings is 2. The van der Waals surface area contributed by atoms with Crippen LogP contribution in [-0.2, 0) is 9.53 Å². The minimum Gasteiger partial charge on any atom is -0.385 e. The predicted octanol–water partition coefficient (Wildman–Crippen LogP) is 3.19. The molecule has 0 fully saturated rings. The Balaban J connectivity index is 0.00000264. The second-order valence-electron chi connectivity index (χ2n) is 5.41. The molecule has 2 aromatic rings. The molecule has 0 aliphatic heterocycles. The van der Waals surface area contributed by atoms with E-state index in [1.807, 2.05) is 18.2 Å². The maximum atomic E-state index is 12.0. The van der Waals surface area contributed by atoms with Crippen molar-refractivity contribution in [2.45, 2.75) is 25.3 Å². The molecule has 23 heavy (non-hydrogen) atoms. The second-order valence-corrected chi connectivity index (χ2v) is 5.41. The van der Waals surface area contributed by atoms with Crippen molar-refractivity contribution in [3.63, 3.8) is 0 Å². The highest BCUT2D eigenvalue weighted by molar-refractivity contribution is 5.85. The van der Waals surface area contributed by atoms with Gasteiger partial charge >= 0.3 is 0 Å². The van der Waals surface area contributed by atoms with Crippen LogP contribution in [0.1, 0.15) is 30.9 Å². The summed E-state index contributed by atoms with van der Waals surface area (Å²) in [5.41, 5.74) is 6.89. The first kappa shape index (κ1) is 19.4. The monoisotopic (exact) mass is 336 g/mol. The predicted molar refractivity (Wildman–Crippen MR) is 96.9 cm³/mol. The number of nitrogens with two attached hydrogens (primary N) is 1. The molecule has 3 N–H and O–H groups in total. The highest BCUT2D eigenvalue weighted by atomic mass is 35.5. The van der Waals surface area contributed by atoms with E-state index in [1.54, 1.807) is 7.11 Å². The van der Waals surface area contributed by atoms with Crippen molar-refractivity contribution >= 4 is 29.1 Å². The van der Waals surface area contributed by atoms with E-state index in [0.717, 1.165) is 23.8 Å². The van der Waals surface area contributed by atoms with Crippen LogP contribution in [0.4, 0.5) is 0 Å². The van der Waals surface area contributed by atoms with Gasteiger partial charge in [0, 0.05) is 26.7 Å². The topological polar surface area (TPSA) is 64.3 Å². The van der Waals surface area contributed by atoms with Crippen LogP contribution in [0, 0.1) is 0 Å². The summed E-state index contributed by atoms with van der Waals surface area (Å²) in [6.07, 6.45) is 2.23. The molecule has 0 bridgehead atoms. The maximum absolute atomic E-state index is 12.0. The van der Waals surface area contributed by atoms with Crippen molar-refractivity contribution in [3.05, 3.63) is 48.0 Å². The first-order chi connectivity index (χ1) is 10.7. The number of hydrogen-bond donors (Lipinski definition) is 2. The lowest BCUT2D eigenvalue weighted by Gasteiger charge is -2.18. The number of amides is 1. The molecule has 0 heterocycles. The van der Waals surface area contributed by atoms with Gasteiger partial charge < -0.3 is 15.8 Å². The van der Waals surface area contributed by atoms with Gasteiger partial charge in [-0.2, -0.15) is 0 Å². The molecule has 0 spiro atoms. The van der Waals surface area contributed by atoms with Crippen molar-refractivity contribution in [3.8, 4) is 0 Å². The van der Waals surface area contributed by atoms with Crippen LogP contribution in [0.25, 0.3) is 10.8 Å². The summed E-state index contributed by atoms with van der Waals surface area (Å²) in [6.45, 7) is 1.08. The van der Waals surface area contributed by atoms with Gasteiger partial charge in [-0.05, 0) is 35.2 Å². The fraction of sp³-hybridized carbons (Fsp3) is 0.389. The molecule has 0 saturated heterocycles. The number of nitrogens with one attached hydrogen (secondary N) is 1. The first-order valence-electron chi connectivity index (χ1n) is 7.71. The maximum Gasteiger partial charge on any atom is 0.220 e. The molecule has 0 aliphatic rings. The third-order valence-electron chi connectivity index (χ3n) is 3.75. The van der Waals surface area contributed by atoms with Crippen LogP contribution in [-0.4, -0.2) is 26.2 Å². The Labute approximate surface area is 143 Å². The van der Waals surface area contributed by atoms with E-state index in [2.05, 4.69) is 29.6 Å². The molecular formula is C18H25ClN2O2. The quantitative estimate of drug-likeness (QED) is 0.728. The summed E-state index contributed by atoms with van der Waals surface area (Å²) in [5, 5.41) is 5.37. The Morgan fingerprint density at radius 3 is 2.61 bits per heavy atom. The van der Waals surface area contributed by atoms with E-state index in [0.29, 0.717) is 19.6 Å². The van der Waals surface area contributed by atoms with Gasteiger partial charge in [0.1, 0.15) is 0 Å². The minimum absolute atomic E-state index is 0. The van der Waals surface area contributed by atoms with Gasteiger partial charge in [0.05, 0.1) is 6.04 Å². The molecule has 1 unspecified atom stereocenters. The average Bonchev–Trinajstić information content (AvgIpc) is 2.56. The fourth-order valence-corrected chi connectivity index (χ4v) is 2.50. The number of hydrogen-bond acceptors (Lipinski definition) is 3. The molecule has 4 nitrogen and oxygen atoms in total. The zero-order valence-corrected chi connectivity index (χ0v) is 14.3. The smallest absolute Gasteiger partial charge is 0.220 e. The van der Waals surface area contributed by atoms with E-state index >= 15 is 0 Å². The Morgan fingerprint density at radius 1 is 1.17 bits per heavy atom. The average molecular weight is 337 g/mol. The molecule has 0 saturated carbocycles. The molecule has 5 heteroatoms. The van der Waals surface area contributed by atoms with E-state index < -0.39 is 0 Å². The number of ether oxygens (including phenoxy) is 1. The van der Waals surface area contributed by atoms with E-state index in [9.17, 15) is 4.79 Å². The lowest BCUT2D eigenvalue weighted by Crippen LogP contribution is -2.33. The molecule has 2 rings (SSSR count).